The van der Waals surface area contributed by atoms with Crippen LogP contribution in [0.25, 0.3) is 0 Å². The molecule has 0 aliphatic carbocycles. The SMILES string of the molecule is CCN1CCCC1CNC(N)=NCc1ccccc1[N+](=O)[O-].I. The van der Waals surface area contributed by atoms with Crippen molar-refractivity contribution in [1.29, 1.82) is 0 Å². The first-order valence-electron chi connectivity index (χ1n) is 7.62. The van der Waals surface area contributed by atoms with Gasteiger partial charge in [-0.05, 0) is 25.9 Å². The number of nitrogens with two attached hydrogens (primary N) is 1. The summed E-state index contributed by atoms with van der Waals surface area (Å²) in [6, 6.07) is 7.08. The highest BCUT2D eigenvalue weighted by Gasteiger charge is 2.22. The number of likely N-dealkylation sites (tertiary alicyclic amines) is 1. The molecule has 8 heteroatoms. The zero-order chi connectivity index (χ0) is 15.9. The number of nitrogens with one attached hydrogen (secondary N) is 1. The molecule has 3 N–H and O–H groups in total. The van der Waals surface area contributed by atoms with Crippen LogP contribution < -0.4 is 11.1 Å². The van der Waals surface area contributed by atoms with Gasteiger partial charge in [-0.2, -0.15) is 0 Å². The van der Waals surface area contributed by atoms with Crippen molar-refractivity contribution < 1.29 is 4.92 Å². The van der Waals surface area contributed by atoms with Crippen molar-refractivity contribution in [3.63, 3.8) is 0 Å². The van der Waals surface area contributed by atoms with Gasteiger partial charge in [0, 0.05) is 18.7 Å². The van der Waals surface area contributed by atoms with E-state index in [0.29, 0.717) is 17.6 Å². The van der Waals surface area contributed by atoms with E-state index < -0.39 is 4.92 Å². The lowest BCUT2D eigenvalue weighted by molar-refractivity contribution is -0.385. The van der Waals surface area contributed by atoms with Gasteiger partial charge in [0.25, 0.3) is 5.69 Å². The summed E-state index contributed by atoms with van der Waals surface area (Å²) in [5, 5.41) is 14.1. The van der Waals surface area contributed by atoms with Crippen molar-refractivity contribution >= 4 is 35.6 Å². The van der Waals surface area contributed by atoms with Gasteiger partial charge in [0.15, 0.2) is 5.96 Å². The van der Waals surface area contributed by atoms with E-state index in [-0.39, 0.29) is 36.2 Å². The zero-order valence-corrected chi connectivity index (χ0v) is 15.6. The fraction of sp³-hybridized carbons (Fsp3) is 0.533. The molecular weight excluding hydrogens is 409 g/mol. The average Bonchev–Trinajstić information content (AvgIpc) is 2.98. The predicted octanol–water partition coefficient (Wildman–Crippen LogP) is 2.10. The Labute approximate surface area is 153 Å². The lowest BCUT2D eigenvalue weighted by atomic mass is 10.2. The van der Waals surface area contributed by atoms with Crippen LogP contribution in [0.4, 0.5) is 5.69 Å². The van der Waals surface area contributed by atoms with Gasteiger partial charge in [-0.15, -0.1) is 24.0 Å². The first-order valence-corrected chi connectivity index (χ1v) is 7.62. The Morgan fingerprint density at radius 2 is 2.26 bits per heavy atom. The Bertz CT molecular complexity index is 552. The molecular formula is C15H24IN5O2. The van der Waals surface area contributed by atoms with Gasteiger partial charge >= 0.3 is 0 Å². The highest BCUT2D eigenvalue weighted by Crippen LogP contribution is 2.18. The van der Waals surface area contributed by atoms with E-state index in [2.05, 4.69) is 22.1 Å². The summed E-state index contributed by atoms with van der Waals surface area (Å²) in [6.07, 6.45) is 2.38. The normalized spacial score (nSPS) is 18.5. The molecule has 1 heterocycles. The minimum Gasteiger partial charge on any atom is -0.370 e. The molecule has 1 aliphatic rings. The molecule has 1 aromatic rings. The molecule has 1 fully saturated rings. The largest absolute Gasteiger partial charge is 0.370 e. The molecule has 0 bridgehead atoms. The smallest absolute Gasteiger partial charge is 0.274 e. The third kappa shape index (κ3) is 5.61. The number of hydrogen-bond donors (Lipinski definition) is 2. The van der Waals surface area contributed by atoms with Crippen LogP contribution in [0.2, 0.25) is 0 Å². The number of benzene rings is 1. The number of hydrogen-bond acceptors (Lipinski definition) is 4. The number of rotatable bonds is 6. The first-order chi connectivity index (χ1) is 10.6. The molecule has 0 spiro atoms. The Kier molecular flexibility index (Phi) is 8.24. The van der Waals surface area contributed by atoms with Crippen molar-refractivity contribution in [3.8, 4) is 0 Å². The Balaban J connectivity index is 0.00000264. The van der Waals surface area contributed by atoms with E-state index in [1.807, 2.05) is 0 Å². The van der Waals surface area contributed by atoms with Gasteiger partial charge in [0.05, 0.1) is 17.0 Å². The van der Waals surface area contributed by atoms with Gasteiger partial charge < -0.3 is 11.1 Å². The van der Waals surface area contributed by atoms with E-state index in [4.69, 9.17) is 5.73 Å². The van der Waals surface area contributed by atoms with Crippen LogP contribution >= 0.6 is 24.0 Å². The number of nitro benzene ring substituents is 1. The minimum absolute atomic E-state index is 0. The van der Waals surface area contributed by atoms with Crippen LogP contribution in [-0.4, -0.2) is 41.5 Å². The van der Waals surface area contributed by atoms with E-state index in [9.17, 15) is 10.1 Å². The predicted molar refractivity (Wildman–Crippen MR) is 102 cm³/mol. The van der Waals surface area contributed by atoms with Gasteiger partial charge in [0.2, 0.25) is 0 Å². The average molecular weight is 433 g/mol. The third-order valence-corrected chi connectivity index (χ3v) is 4.03. The Morgan fingerprint density at radius 1 is 1.52 bits per heavy atom. The minimum atomic E-state index is -0.397. The summed E-state index contributed by atoms with van der Waals surface area (Å²) in [7, 11) is 0. The van der Waals surface area contributed by atoms with Crippen molar-refractivity contribution in [2.24, 2.45) is 10.7 Å². The monoisotopic (exact) mass is 433 g/mol. The highest BCUT2D eigenvalue weighted by atomic mass is 127. The molecule has 0 saturated carbocycles. The molecule has 0 amide bonds. The summed E-state index contributed by atoms with van der Waals surface area (Å²) in [6.45, 7) is 5.30. The maximum Gasteiger partial charge on any atom is 0.274 e. The maximum absolute atomic E-state index is 10.9. The summed E-state index contributed by atoms with van der Waals surface area (Å²) in [5.41, 5.74) is 6.50. The number of halogens is 1. The van der Waals surface area contributed by atoms with Crippen molar-refractivity contribution in [2.45, 2.75) is 32.4 Å². The molecule has 1 atom stereocenters. The number of guanidine groups is 1. The lowest BCUT2D eigenvalue weighted by Gasteiger charge is -2.23. The second kappa shape index (κ2) is 9.66. The summed E-state index contributed by atoms with van der Waals surface area (Å²) < 4.78 is 0. The first kappa shape index (κ1) is 19.6. The molecule has 1 aliphatic heterocycles. The van der Waals surface area contributed by atoms with Crippen LogP contribution in [-0.2, 0) is 6.54 Å². The lowest BCUT2D eigenvalue weighted by Crippen LogP contribution is -2.42. The summed E-state index contributed by atoms with van der Waals surface area (Å²) in [4.78, 5) is 17.2. The second-order valence-corrected chi connectivity index (χ2v) is 5.39. The summed E-state index contributed by atoms with van der Waals surface area (Å²) >= 11 is 0. The maximum atomic E-state index is 10.9. The van der Waals surface area contributed by atoms with Crippen molar-refractivity contribution in [3.05, 3.63) is 39.9 Å². The van der Waals surface area contributed by atoms with Crippen LogP contribution in [0, 0.1) is 10.1 Å². The van der Waals surface area contributed by atoms with Crippen LogP contribution in [0.3, 0.4) is 0 Å². The molecule has 1 unspecified atom stereocenters. The molecule has 2 rings (SSSR count). The zero-order valence-electron chi connectivity index (χ0n) is 13.3. The van der Waals surface area contributed by atoms with Crippen molar-refractivity contribution in [2.75, 3.05) is 19.6 Å². The summed E-state index contributed by atoms with van der Waals surface area (Å²) in [5.74, 6) is 0.334. The van der Waals surface area contributed by atoms with E-state index in [1.165, 1.54) is 12.5 Å². The van der Waals surface area contributed by atoms with Gasteiger partial charge in [-0.25, -0.2) is 4.99 Å². The Morgan fingerprint density at radius 3 is 2.96 bits per heavy atom. The third-order valence-electron chi connectivity index (χ3n) is 4.03. The molecule has 128 valence electrons. The van der Waals surface area contributed by atoms with Gasteiger partial charge in [-0.3, -0.25) is 15.0 Å². The number of aliphatic imine (C=N–C) groups is 1. The van der Waals surface area contributed by atoms with Gasteiger partial charge in [-0.1, -0.05) is 25.1 Å². The van der Waals surface area contributed by atoms with Crippen molar-refractivity contribution in [1.82, 2.24) is 10.2 Å². The molecule has 23 heavy (non-hydrogen) atoms. The number of nitrogens with zero attached hydrogens (tertiary/aromatic N) is 3. The number of nitro groups is 1. The van der Waals surface area contributed by atoms with Crippen LogP contribution in [0.15, 0.2) is 29.3 Å². The molecule has 7 nitrogen and oxygen atoms in total. The van der Waals surface area contributed by atoms with Crippen LogP contribution in [0.1, 0.15) is 25.3 Å². The molecule has 0 aromatic heterocycles. The quantitative estimate of drug-likeness (QED) is 0.236. The fourth-order valence-electron chi connectivity index (χ4n) is 2.81. The molecule has 1 aromatic carbocycles. The van der Waals surface area contributed by atoms with E-state index >= 15 is 0 Å². The second-order valence-electron chi connectivity index (χ2n) is 5.39. The Hall–Kier alpha value is -1.42. The van der Waals surface area contributed by atoms with E-state index in [1.54, 1.807) is 18.2 Å². The highest BCUT2D eigenvalue weighted by molar-refractivity contribution is 14.0. The van der Waals surface area contributed by atoms with E-state index in [0.717, 1.165) is 26.1 Å². The number of likely N-dealkylation sites (N-methyl/N-ethyl adjacent to an activating group) is 1. The van der Waals surface area contributed by atoms with Gasteiger partial charge in [0.1, 0.15) is 0 Å². The topological polar surface area (TPSA) is 96.8 Å². The van der Waals surface area contributed by atoms with Crippen LogP contribution in [0.5, 0.6) is 0 Å². The number of para-hydroxylation sites is 1. The molecule has 1 saturated heterocycles. The fourth-order valence-corrected chi connectivity index (χ4v) is 2.81. The molecule has 0 radical (unpaired) electrons. The standard InChI is InChI=1S/C15H23N5O2.HI/c1-2-19-9-5-7-13(19)11-18-15(16)17-10-12-6-3-4-8-14(12)20(21)22;/h3-4,6,8,13H,2,5,7,9-11H2,1H3,(H3,16,17,18);1H.